The molecule has 2 rings (SSSR count). The lowest BCUT2D eigenvalue weighted by Crippen LogP contribution is -2.28. The first-order valence-electron chi connectivity index (χ1n) is 5.28. The van der Waals surface area contributed by atoms with Crippen LogP contribution in [0.2, 0.25) is 0 Å². The molecule has 0 fully saturated rings. The van der Waals surface area contributed by atoms with E-state index in [0.29, 0.717) is 5.56 Å². The van der Waals surface area contributed by atoms with Gasteiger partial charge in [-0.1, -0.05) is 0 Å². The van der Waals surface area contributed by atoms with Gasteiger partial charge in [-0.3, -0.25) is 4.79 Å². The lowest BCUT2D eigenvalue weighted by Gasteiger charge is -2.20. The standard InChI is InChI=1S/C12H13N3O/c1-9(16)15-6-2-5-14-11-7-10(8-13)3-4-12(11)15/h3-4,7,14H,2,5-6H2,1H3. The molecule has 1 amide bonds. The normalized spacial score (nSPS) is 14.4. The molecule has 0 saturated heterocycles. The Hall–Kier alpha value is -2.02. The number of nitriles is 1. The first-order valence-corrected chi connectivity index (χ1v) is 5.28. The van der Waals surface area contributed by atoms with Crippen LogP contribution in [-0.4, -0.2) is 19.0 Å². The summed E-state index contributed by atoms with van der Waals surface area (Å²) in [5, 5.41) is 12.1. The molecule has 0 bridgehead atoms. The largest absolute Gasteiger partial charge is 0.383 e. The monoisotopic (exact) mass is 215 g/mol. The Balaban J connectivity index is 2.47. The van der Waals surface area contributed by atoms with Crippen LogP contribution in [0.3, 0.4) is 0 Å². The number of carbonyl (C=O) groups is 1. The van der Waals surface area contributed by atoms with E-state index in [2.05, 4.69) is 11.4 Å². The Kier molecular flexibility index (Phi) is 2.78. The van der Waals surface area contributed by atoms with E-state index < -0.39 is 0 Å². The summed E-state index contributed by atoms with van der Waals surface area (Å²) >= 11 is 0. The molecule has 1 aliphatic heterocycles. The Morgan fingerprint density at radius 1 is 1.56 bits per heavy atom. The maximum Gasteiger partial charge on any atom is 0.223 e. The van der Waals surface area contributed by atoms with Crippen molar-refractivity contribution < 1.29 is 4.79 Å². The Morgan fingerprint density at radius 2 is 2.38 bits per heavy atom. The first-order chi connectivity index (χ1) is 7.72. The van der Waals surface area contributed by atoms with E-state index in [0.717, 1.165) is 30.9 Å². The van der Waals surface area contributed by atoms with Crippen LogP contribution in [0, 0.1) is 11.3 Å². The highest BCUT2D eigenvalue weighted by Crippen LogP contribution is 2.29. The van der Waals surface area contributed by atoms with Crippen molar-refractivity contribution in [1.29, 1.82) is 5.26 Å². The van der Waals surface area contributed by atoms with Gasteiger partial charge in [-0.25, -0.2) is 0 Å². The van der Waals surface area contributed by atoms with Gasteiger partial charge in [0.25, 0.3) is 0 Å². The summed E-state index contributed by atoms with van der Waals surface area (Å²) in [5.74, 6) is 0.0367. The molecule has 0 atom stereocenters. The molecule has 1 aliphatic rings. The molecule has 4 heteroatoms. The maximum atomic E-state index is 11.5. The minimum absolute atomic E-state index is 0.0367. The molecule has 0 saturated carbocycles. The third kappa shape index (κ3) is 1.84. The Bertz CT molecular complexity index is 462. The summed E-state index contributed by atoms with van der Waals surface area (Å²) in [6, 6.07) is 7.45. The van der Waals surface area contributed by atoms with Crippen molar-refractivity contribution in [3.05, 3.63) is 23.8 Å². The predicted octanol–water partition coefficient (Wildman–Crippen LogP) is 1.73. The summed E-state index contributed by atoms with van der Waals surface area (Å²) in [7, 11) is 0. The van der Waals surface area contributed by atoms with Crippen LogP contribution in [0.1, 0.15) is 18.9 Å². The molecule has 82 valence electrons. The van der Waals surface area contributed by atoms with Crippen molar-refractivity contribution in [2.45, 2.75) is 13.3 Å². The van der Waals surface area contributed by atoms with Crippen molar-refractivity contribution in [3.8, 4) is 6.07 Å². The van der Waals surface area contributed by atoms with Crippen LogP contribution in [-0.2, 0) is 4.79 Å². The topological polar surface area (TPSA) is 56.1 Å². The van der Waals surface area contributed by atoms with Gasteiger partial charge < -0.3 is 10.2 Å². The van der Waals surface area contributed by atoms with E-state index in [4.69, 9.17) is 5.26 Å². The SMILES string of the molecule is CC(=O)N1CCCNc2cc(C#N)ccc21. The second-order valence-electron chi connectivity index (χ2n) is 3.79. The molecule has 0 aromatic heterocycles. The van der Waals surface area contributed by atoms with Crippen LogP contribution in [0.25, 0.3) is 0 Å². The van der Waals surface area contributed by atoms with Gasteiger partial charge in [0.05, 0.1) is 23.0 Å². The molecule has 16 heavy (non-hydrogen) atoms. The van der Waals surface area contributed by atoms with Gasteiger partial charge in [-0.2, -0.15) is 5.26 Å². The van der Waals surface area contributed by atoms with Crippen LogP contribution < -0.4 is 10.2 Å². The van der Waals surface area contributed by atoms with E-state index >= 15 is 0 Å². The molecular weight excluding hydrogens is 202 g/mol. The van der Waals surface area contributed by atoms with Crippen LogP contribution in [0.4, 0.5) is 11.4 Å². The lowest BCUT2D eigenvalue weighted by molar-refractivity contribution is -0.116. The van der Waals surface area contributed by atoms with Crippen molar-refractivity contribution in [2.75, 3.05) is 23.3 Å². The second-order valence-corrected chi connectivity index (χ2v) is 3.79. The molecule has 1 aromatic rings. The second kappa shape index (κ2) is 4.23. The first kappa shape index (κ1) is 10.5. The van der Waals surface area contributed by atoms with Crippen molar-refractivity contribution in [1.82, 2.24) is 0 Å². The fourth-order valence-electron chi connectivity index (χ4n) is 1.89. The highest BCUT2D eigenvalue weighted by Gasteiger charge is 2.18. The number of nitrogens with one attached hydrogen (secondary N) is 1. The zero-order valence-electron chi connectivity index (χ0n) is 9.16. The van der Waals surface area contributed by atoms with Crippen LogP contribution >= 0.6 is 0 Å². The lowest BCUT2D eigenvalue weighted by atomic mass is 10.1. The Labute approximate surface area is 94.5 Å². The van der Waals surface area contributed by atoms with Gasteiger partial charge in [0.2, 0.25) is 5.91 Å². The molecule has 1 heterocycles. The molecular formula is C12H13N3O. The number of hydrogen-bond acceptors (Lipinski definition) is 3. The number of fused-ring (bicyclic) bond motifs is 1. The smallest absolute Gasteiger partial charge is 0.223 e. The van der Waals surface area contributed by atoms with E-state index in [-0.39, 0.29) is 5.91 Å². The number of rotatable bonds is 0. The summed E-state index contributed by atoms with van der Waals surface area (Å²) in [4.78, 5) is 13.2. The minimum Gasteiger partial charge on any atom is -0.383 e. The highest BCUT2D eigenvalue weighted by molar-refractivity contribution is 5.95. The number of hydrogen-bond donors (Lipinski definition) is 1. The number of amides is 1. The Morgan fingerprint density at radius 3 is 3.06 bits per heavy atom. The number of anilines is 2. The number of nitrogens with zero attached hydrogens (tertiary/aromatic N) is 2. The number of benzene rings is 1. The molecule has 0 radical (unpaired) electrons. The van der Waals surface area contributed by atoms with Crippen molar-refractivity contribution in [2.24, 2.45) is 0 Å². The molecule has 0 spiro atoms. The van der Waals surface area contributed by atoms with Gasteiger partial charge in [0.15, 0.2) is 0 Å². The van der Waals surface area contributed by atoms with Crippen molar-refractivity contribution >= 4 is 17.3 Å². The molecule has 1 aromatic carbocycles. The summed E-state index contributed by atoms with van der Waals surface area (Å²) < 4.78 is 0. The summed E-state index contributed by atoms with van der Waals surface area (Å²) in [5.41, 5.74) is 2.34. The third-order valence-corrected chi connectivity index (χ3v) is 2.67. The van der Waals surface area contributed by atoms with Crippen LogP contribution in [0.5, 0.6) is 0 Å². The van der Waals surface area contributed by atoms with E-state index in [9.17, 15) is 4.79 Å². The van der Waals surface area contributed by atoms with Gasteiger partial charge >= 0.3 is 0 Å². The predicted molar refractivity (Wildman–Crippen MR) is 62.3 cm³/mol. The average molecular weight is 215 g/mol. The number of carbonyl (C=O) groups excluding carboxylic acids is 1. The highest BCUT2D eigenvalue weighted by atomic mass is 16.2. The van der Waals surface area contributed by atoms with Crippen molar-refractivity contribution in [3.63, 3.8) is 0 Å². The third-order valence-electron chi connectivity index (χ3n) is 2.67. The summed E-state index contributed by atoms with van der Waals surface area (Å²) in [6.45, 7) is 3.11. The van der Waals surface area contributed by atoms with Gasteiger partial charge in [0.1, 0.15) is 0 Å². The molecule has 4 nitrogen and oxygen atoms in total. The summed E-state index contributed by atoms with van der Waals surface area (Å²) in [6.07, 6.45) is 0.913. The van der Waals surface area contributed by atoms with E-state index in [1.165, 1.54) is 0 Å². The van der Waals surface area contributed by atoms with Crippen LogP contribution in [0.15, 0.2) is 18.2 Å². The fourth-order valence-corrected chi connectivity index (χ4v) is 1.89. The zero-order chi connectivity index (χ0) is 11.5. The van der Waals surface area contributed by atoms with Gasteiger partial charge in [0, 0.05) is 20.0 Å². The fraction of sp³-hybridized carbons (Fsp3) is 0.333. The molecule has 0 aliphatic carbocycles. The molecule has 1 N–H and O–H groups in total. The quantitative estimate of drug-likeness (QED) is 0.717. The van der Waals surface area contributed by atoms with E-state index in [1.54, 1.807) is 24.0 Å². The zero-order valence-corrected chi connectivity index (χ0v) is 9.16. The maximum absolute atomic E-state index is 11.5. The van der Waals surface area contributed by atoms with Gasteiger partial charge in [-0.15, -0.1) is 0 Å². The average Bonchev–Trinajstić information content (AvgIpc) is 2.49. The van der Waals surface area contributed by atoms with E-state index in [1.807, 2.05) is 6.07 Å². The molecule has 0 unspecified atom stereocenters. The minimum atomic E-state index is 0.0367. The van der Waals surface area contributed by atoms with Gasteiger partial charge in [-0.05, 0) is 24.6 Å².